The van der Waals surface area contributed by atoms with Crippen molar-refractivity contribution in [2.75, 3.05) is 19.6 Å². The van der Waals surface area contributed by atoms with E-state index >= 15 is 0 Å². The number of rotatable bonds is 5. The van der Waals surface area contributed by atoms with E-state index in [-0.39, 0.29) is 0 Å². The molecule has 0 bridgehead atoms. The summed E-state index contributed by atoms with van der Waals surface area (Å²) < 4.78 is 0. The van der Waals surface area contributed by atoms with Gasteiger partial charge in [0.2, 0.25) is 0 Å². The first-order valence-corrected chi connectivity index (χ1v) is 6.79. The van der Waals surface area contributed by atoms with Crippen molar-refractivity contribution in [2.24, 2.45) is 0 Å². The van der Waals surface area contributed by atoms with Crippen LogP contribution in [0.15, 0.2) is 36.1 Å². The van der Waals surface area contributed by atoms with Gasteiger partial charge in [0.1, 0.15) is 0 Å². The molecule has 1 atom stereocenters. The lowest BCUT2D eigenvalue weighted by Crippen LogP contribution is -2.38. The second-order valence-electron chi connectivity index (χ2n) is 5.10. The molecule has 0 aromatic rings. The Hall–Kier alpha value is -1.02. The van der Waals surface area contributed by atoms with Crippen molar-refractivity contribution < 1.29 is 0 Å². The Bertz CT molecular complexity index is 328. The lowest BCUT2D eigenvalue weighted by Gasteiger charge is -2.26. The third-order valence-corrected chi connectivity index (χ3v) is 3.66. The third-order valence-electron chi connectivity index (χ3n) is 3.66. The Kier molecular flexibility index (Phi) is 4.43. The van der Waals surface area contributed by atoms with Crippen LogP contribution in [-0.4, -0.2) is 30.6 Å². The summed E-state index contributed by atoms with van der Waals surface area (Å²) in [5, 5.41) is 3.49. The number of hydrogen-bond donors (Lipinski definition) is 1. The van der Waals surface area contributed by atoms with Crippen molar-refractivity contribution >= 4 is 0 Å². The Labute approximate surface area is 105 Å². The van der Waals surface area contributed by atoms with Crippen LogP contribution >= 0.6 is 0 Å². The van der Waals surface area contributed by atoms with E-state index in [0.29, 0.717) is 6.04 Å². The van der Waals surface area contributed by atoms with Crippen molar-refractivity contribution in [3.63, 3.8) is 0 Å². The molecule has 1 aliphatic carbocycles. The van der Waals surface area contributed by atoms with Gasteiger partial charge in [0.25, 0.3) is 0 Å². The zero-order valence-corrected chi connectivity index (χ0v) is 10.9. The first-order chi connectivity index (χ1) is 8.28. The molecule has 2 heteroatoms. The van der Waals surface area contributed by atoms with Gasteiger partial charge in [0, 0.05) is 24.8 Å². The molecule has 2 aliphatic rings. The number of allylic oxidation sites excluding steroid dienone is 4. The summed E-state index contributed by atoms with van der Waals surface area (Å²) in [6, 6.07) is 0.613. The van der Waals surface area contributed by atoms with Crippen LogP contribution in [0.1, 0.15) is 32.6 Å². The minimum atomic E-state index is 0.613. The van der Waals surface area contributed by atoms with Crippen LogP contribution in [0, 0.1) is 0 Å². The van der Waals surface area contributed by atoms with Crippen molar-refractivity contribution in [1.82, 2.24) is 10.2 Å². The maximum absolute atomic E-state index is 4.00. The van der Waals surface area contributed by atoms with Gasteiger partial charge in [-0.3, -0.25) is 4.90 Å². The van der Waals surface area contributed by atoms with Gasteiger partial charge >= 0.3 is 0 Å². The average molecular weight is 232 g/mol. The Morgan fingerprint density at radius 3 is 2.94 bits per heavy atom. The fourth-order valence-corrected chi connectivity index (χ4v) is 2.61. The van der Waals surface area contributed by atoms with Gasteiger partial charge in [-0.15, -0.1) is 0 Å². The molecule has 2 nitrogen and oxygen atoms in total. The summed E-state index contributed by atoms with van der Waals surface area (Å²) in [6.07, 6.45) is 11.6. The van der Waals surface area contributed by atoms with Crippen LogP contribution in [0.3, 0.4) is 0 Å². The first kappa shape index (κ1) is 12.4. The summed E-state index contributed by atoms with van der Waals surface area (Å²) in [5.74, 6) is 0. The smallest absolute Gasteiger partial charge is 0.0389 e. The van der Waals surface area contributed by atoms with Crippen molar-refractivity contribution in [1.29, 1.82) is 0 Å². The monoisotopic (exact) mass is 232 g/mol. The van der Waals surface area contributed by atoms with Gasteiger partial charge in [-0.05, 0) is 32.2 Å². The second kappa shape index (κ2) is 6.06. The largest absolute Gasteiger partial charge is 0.385 e. The van der Waals surface area contributed by atoms with Crippen LogP contribution in [-0.2, 0) is 0 Å². The topological polar surface area (TPSA) is 15.3 Å². The fourth-order valence-electron chi connectivity index (χ4n) is 2.61. The van der Waals surface area contributed by atoms with Gasteiger partial charge in [0.05, 0.1) is 0 Å². The molecule has 94 valence electrons. The average Bonchev–Trinajstić information content (AvgIpc) is 2.75. The van der Waals surface area contributed by atoms with E-state index < -0.39 is 0 Å². The fraction of sp³-hybridized carbons (Fsp3) is 0.600. The van der Waals surface area contributed by atoms with Crippen molar-refractivity contribution in [3.05, 3.63) is 36.1 Å². The zero-order chi connectivity index (χ0) is 12.1. The normalized spacial score (nSPS) is 24.0. The minimum Gasteiger partial charge on any atom is -0.385 e. The third kappa shape index (κ3) is 3.74. The lowest BCUT2D eigenvalue weighted by atomic mass is 10.0. The first-order valence-electron chi connectivity index (χ1n) is 6.79. The summed E-state index contributed by atoms with van der Waals surface area (Å²) >= 11 is 0. The molecule has 0 aromatic heterocycles. The Balaban J connectivity index is 1.82. The Morgan fingerprint density at radius 2 is 2.35 bits per heavy atom. The lowest BCUT2D eigenvalue weighted by molar-refractivity contribution is 0.280. The van der Waals surface area contributed by atoms with E-state index in [9.17, 15) is 0 Å². The number of likely N-dealkylation sites (N-methyl/N-ethyl adjacent to an activating group) is 1. The van der Waals surface area contributed by atoms with Gasteiger partial charge in [-0.25, -0.2) is 0 Å². The molecule has 0 unspecified atom stereocenters. The van der Waals surface area contributed by atoms with Crippen LogP contribution in [0.5, 0.6) is 0 Å². The molecular formula is C15H24N2. The molecule has 0 spiro atoms. The molecule has 17 heavy (non-hydrogen) atoms. The van der Waals surface area contributed by atoms with Gasteiger partial charge in [0.15, 0.2) is 0 Å². The summed E-state index contributed by atoms with van der Waals surface area (Å²) in [7, 11) is 0. The van der Waals surface area contributed by atoms with Crippen LogP contribution in [0.2, 0.25) is 0 Å². The van der Waals surface area contributed by atoms with Gasteiger partial charge in [-0.2, -0.15) is 0 Å². The van der Waals surface area contributed by atoms with E-state index in [1.807, 2.05) is 0 Å². The van der Waals surface area contributed by atoms with Crippen molar-refractivity contribution in [2.45, 2.75) is 38.6 Å². The van der Waals surface area contributed by atoms with Gasteiger partial charge < -0.3 is 5.32 Å². The van der Waals surface area contributed by atoms with E-state index in [0.717, 1.165) is 26.1 Å². The molecule has 0 aromatic carbocycles. The second-order valence-corrected chi connectivity index (χ2v) is 5.10. The molecule has 1 aliphatic heterocycles. The van der Waals surface area contributed by atoms with Crippen molar-refractivity contribution in [3.8, 4) is 0 Å². The summed E-state index contributed by atoms with van der Waals surface area (Å²) in [4.78, 5) is 2.54. The molecule has 1 saturated heterocycles. The molecular weight excluding hydrogens is 208 g/mol. The van der Waals surface area contributed by atoms with E-state index in [4.69, 9.17) is 0 Å². The zero-order valence-electron chi connectivity index (χ0n) is 10.9. The molecule has 0 radical (unpaired) electrons. The van der Waals surface area contributed by atoms with E-state index in [1.165, 1.54) is 25.0 Å². The molecule has 0 saturated carbocycles. The maximum atomic E-state index is 4.00. The SMILES string of the molecule is C=C1CC[C@H](CN(CC)CC2=CC=CCC2)N1. The van der Waals surface area contributed by atoms with Crippen LogP contribution in [0.25, 0.3) is 0 Å². The van der Waals surface area contributed by atoms with E-state index in [2.05, 4.69) is 41.9 Å². The highest BCUT2D eigenvalue weighted by Gasteiger charge is 2.19. The summed E-state index contributed by atoms with van der Waals surface area (Å²) in [5.41, 5.74) is 2.79. The highest BCUT2D eigenvalue weighted by molar-refractivity contribution is 5.19. The molecule has 0 amide bonds. The van der Waals surface area contributed by atoms with Crippen LogP contribution < -0.4 is 5.32 Å². The molecule has 1 heterocycles. The van der Waals surface area contributed by atoms with Gasteiger partial charge in [-0.1, -0.05) is 37.3 Å². The molecule has 2 rings (SSSR count). The predicted octanol–water partition coefficient (Wildman–Crippen LogP) is 2.85. The minimum absolute atomic E-state index is 0.613. The quantitative estimate of drug-likeness (QED) is 0.784. The Morgan fingerprint density at radius 1 is 1.47 bits per heavy atom. The number of hydrogen-bond acceptors (Lipinski definition) is 2. The molecule has 1 fully saturated rings. The predicted molar refractivity (Wildman–Crippen MR) is 73.9 cm³/mol. The van der Waals surface area contributed by atoms with Crippen LogP contribution in [0.4, 0.5) is 0 Å². The highest BCUT2D eigenvalue weighted by Crippen LogP contribution is 2.17. The van der Waals surface area contributed by atoms with E-state index in [1.54, 1.807) is 5.57 Å². The number of nitrogens with one attached hydrogen (secondary N) is 1. The molecule has 1 N–H and O–H groups in total. The highest BCUT2D eigenvalue weighted by atomic mass is 15.2. The number of nitrogens with zero attached hydrogens (tertiary/aromatic N) is 1. The summed E-state index contributed by atoms with van der Waals surface area (Å²) in [6.45, 7) is 9.67. The standard InChI is InChI=1S/C15H24N2/c1-3-17(11-14-7-5-4-6-8-14)12-15-10-9-13(2)16-15/h4-5,7,15-16H,2-3,6,8-12H2,1H3/t15-/m1/s1. The maximum Gasteiger partial charge on any atom is 0.0389 e.